The van der Waals surface area contributed by atoms with Crippen LogP contribution in [-0.2, 0) is 0 Å². The molecule has 2 aromatic heterocycles. The Bertz CT molecular complexity index is 799. The summed E-state index contributed by atoms with van der Waals surface area (Å²) in [5.74, 6) is 1.25. The van der Waals surface area contributed by atoms with Crippen LogP contribution in [0.2, 0.25) is 5.15 Å². The highest BCUT2D eigenvalue weighted by atomic mass is 79.9. The molecule has 4 nitrogen and oxygen atoms in total. The van der Waals surface area contributed by atoms with Crippen LogP contribution in [-0.4, -0.2) is 20.9 Å². The van der Waals surface area contributed by atoms with Crippen molar-refractivity contribution < 1.29 is 0 Å². The van der Waals surface area contributed by atoms with Crippen LogP contribution >= 0.6 is 27.5 Å². The van der Waals surface area contributed by atoms with Gasteiger partial charge in [0.25, 0.3) is 0 Å². The van der Waals surface area contributed by atoms with Crippen molar-refractivity contribution >= 4 is 39.0 Å². The summed E-state index contributed by atoms with van der Waals surface area (Å²) < 4.78 is 2.67. The average molecular weight is 380 g/mol. The molecule has 0 amide bonds. The van der Waals surface area contributed by atoms with Crippen LogP contribution in [0, 0.1) is 5.92 Å². The first-order valence-corrected chi connectivity index (χ1v) is 8.26. The molecule has 0 fully saturated rings. The number of hydrogen-bond donors (Lipinski definition) is 1. The van der Waals surface area contributed by atoms with Gasteiger partial charge in [0.1, 0.15) is 15.5 Å². The molecular formula is C16H16BrClN4. The summed E-state index contributed by atoms with van der Waals surface area (Å²) in [5, 5.41) is 3.91. The number of halogens is 2. The molecule has 1 aromatic carbocycles. The van der Waals surface area contributed by atoms with E-state index in [1.807, 2.05) is 34.7 Å². The first-order valence-electron chi connectivity index (χ1n) is 7.09. The summed E-state index contributed by atoms with van der Waals surface area (Å²) in [6.07, 6.45) is 1.73. The first-order chi connectivity index (χ1) is 10.6. The minimum atomic E-state index is 0.510. The smallest absolute Gasteiger partial charge is 0.182 e. The van der Waals surface area contributed by atoms with E-state index in [0.29, 0.717) is 11.1 Å². The molecular weight excluding hydrogens is 364 g/mol. The Kier molecular flexibility index (Phi) is 4.36. The third kappa shape index (κ3) is 2.83. The Hall–Kier alpha value is -1.59. The standard InChI is InChI=1S/C16H16BrClN4/c1-10(2)8-19-15-16-20-9-12(17)22(16)14(18)13(21-15)11-6-4-3-5-7-11/h3-7,9-10H,8H2,1-2H3,(H,19,21). The van der Waals surface area contributed by atoms with Crippen molar-refractivity contribution in [1.29, 1.82) is 0 Å². The lowest BCUT2D eigenvalue weighted by atomic mass is 10.1. The van der Waals surface area contributed by atoms with Crippen LogP contribution in [0.4, 0.5) is 5.82 Å². The Morgan fingerprint density at radius 1 is 1.27 bits per heavy atom. The Labute approximate surface area is 142 Å². The third-order valence-corrected chi connectivity index (χ3v) is 4.18. The Balaban J connectivity index is 2.20. The van der Waals surface area contributed by atoms with Crippen molar-refractivity contribution in [2.45, 2.75) is 13.8 Å². The molecule has 0 spiro atoms. The Morgan fingerprint density at radius 2 is 2.00 bits per heavy atom. The summed E-state index contributed by atoms with van der Waals surface area (Å²) in [6.45, 7) is 5.13. The number of anilines is 1. The minimum absolute atomic E-state index is 0.510. The SMILES string of the molecule is CC(C)CNc1nc(-c2ccccc2)c(Cl)n2c(Br)cnc12. The number of aromatic nitrogens is 3. The molecule has 0 atom stereocenters. The van der Waals surface area contributed by atoms with Gasteiger partial charge in [0.15, 0.2) is 11.5 Å². The molecule has 3 aromatic rings. The van der Waals surface area contributed by atoms with Gasteiger partial charge in [0.2, 0.25) is 0 Å². The van der Waals surface area contributed by atoms with Crippen LogP contribution in [0.25, 0.3) is 16.9 Å². The molecule has 0 aliphatic heterocycles. The van der Waals surface area contributed by atoms with Crippen molar-refractivity contribution in [3.63, 3.8) is 0 Å². The van der Waals surface area contributed by atoms with Gasteiger partial charge in [-0.25, -0.2) is 9.97 Å². The van der Waals surface area contributed by atoms with E-state index in [0.717, 1.165) is 33.9 Å². The van der Waals surface area contributed by atoms with E-state index in [1.54, 1.807) is 6.20 Å². The topological polar surface area (TPSA) is 42.2 Å². The zero-order valence-corrected chi connectivity index (χ0v) is 14.7. The van der Waals surface area contributed by atoms with Gasteiger partial charge in [-0.05, 0) is 21.8 Å². The third-order valence-electron chi connectivity index (χ3n) is 3.27. The molecule has 0 bridgehead atoms. The molecule has 114 valence electrons. The molecule has 0 aliphatic carbocycles. The zero-order chi connectivity index (χ0) is 15.7. The number of nitrogens with one attached hydrogen (secondary N) is 1. The maximum Gasteiger partial charge on any atom is 0.182 e. The van der Waals surface area contributed by atoms with Crippen molar-refractivity contribution in [2.75, 3.05) is 11.9 Å². The van der Waals surface area contributed by atoms with Gasteiger partial charge in [0, 0.05) is 12.1 Å². The van der Waals surface area contributed by atoms with E-state index >= 15 is 0 Å². The molecule has 0 unspecified atom stereocenters. The minimum Gasteiger partial charge on any atom is -0.367 e. The van der Waals surface area contributed by atoms with Crippen LogP contribution < -0.4 is 5.32 Å². The zero-order valence-electron chi connectivity index (χ0n) is 12.3. The summed E-state index contributed by atoms with van der Waals surface area (Å²) >= 11 is 10.1. The van der Waals surface area contributed by atoms with E-state index < -0.39 is 0 Å². The highest BCUT2D eigenvalue weighted by molar-refractivity contribution is 9.10. The fourth-order valence-electron chi connectivity index (χ4n) is 2.20. The molecule has 0 aliphatic rings. The average Bonchev–Trinajstić information content (AvgIpc) is 2.90. The largest absolute Gasteiger partial charge is 0.367 e. The van der Waals surface area contributed by atoms with Gasteiger partial charge < -0.3 is 5.32 Å². The molecule has 0 saturated heterocycles. The first kappa shape index (κ1) is 15.3. The molecule has 22 heavy (non-hydrogen) atoms. The molecule has 1 N–H and O–H groups in total. The summed E-state index contributed by atoms with van der Waals surface area (Å²) in [7, 11) is 0. The molecule has 0 radical (unpaired) electrons. The molecule has 0 saturated carbocycles. The fraction of sp³-hybridized carbons (Fsp3) is 0.250. The van der Waals surface area contributed by atoms with Crippen LogP contribution in [0.5, 0.6) is 0 Å². The normalized spacial score (nSPS) is 11.3. The predicted octanol–water partition coefficient (Wildman–Crippen LogP) is 4.88. The van der Waals surface area contributed by atoms with Crippen LogP contribution in [0.1, 0.15) is 13.8 Å². The van der Waals surface area contributed by atoms with Crippen molar-refractivity contribution in [2.24, 2.45) is 5.92 Å². The van der Waals surface area contributed by atoms with Gasteiger partial charge in [0.05, 0.1) is 6.20 Å². The van der Waals surface area contributed by atoms with Gasteiger partial charge in [-0.15, -0.1) is 0 Å². The van der Waals surface area contributed by atoms with E-state index in [-0.39, 0.29) is 0 Å². The van der Waals surface area contributed by atoms with Gasteiger partial charge in [-0.2, -0.15) is 0 Å². The second-order valence-corrected chi connectivity index (χ2v) is 6.65. The molecule has 6 heteroatoms. The lowest BCUT2D eigenvalue weighted by molar-refractivity contribution is 0.687. The maximum absolute atomic E-state index is 6.56. The van der Waals surface area contributed by atoms with E-state index in [2.05, 4.69) is 40.1 Å². The van der Waals surface area contributed by atoms with Crippen LogP contribution in [0.15, 0.2) is 41.1 Å². The van der Waals surface area contributed by atoms with Gasteiger partial charge >= 0.3 is 0 Å². The number of benzene rings is 1. The van der Waals surface area contributed by atoms with Crippen molar-refractivity contribution in [3.05, 3.63) is 46.3 Å². The highest BCUT2D eigenvalue weighted by Gasteiger charge is 2.17. The maximum atomic E-state index is 6.56. The van der Waals surface area contributed by atoms with Crippen molar-refractivity contribution in [3.8, 4) is 11.3 Å². The quantitative estimate of drug-likeness (QED) is 0.702. The highest BCUT2D eigenvalue weighted by Crippen LogP contribution is 2.32. The number of fused-ring (bicyclic) bond motifs is 1. The lowest BCUT2D eigenvalue weighted by Crippen LogP contribution is -2.11. The predicted molar refractivity (Wildman–Crippen MR) is 94.5 cm³/mol. The Morgan fingerprint density at radius 3 is 2.68 bits per heavy atom. The second kappa shape index (κ2) is 6.26. The van der Waals surface area contributed by atoms with E-state index in [1.165, 1.54) is 0 Å². The summed E-state index contributed by atoms with van der Waals surface area (Å²) in [6, 6.07) is 9.92. The van der Waals surface area contributed by atoms with Crippen molar-refractivity contribution in [1.82, 2.24) is 14.4 Å². The lowest BCUT2D eigenvalue weighted by Gasteiger charge is -2.13. The molecule has 2 heterocycles. The summed E-state index contributed by atoms with van der Waals surface area (Å²) in [5.41, 5.74) is 2.43. The van der Waals surface area contributed by atoms with E-state index in [4.69, 9.17) is 16.6 Å². The number of rotatable bonds is 4. The number of nitrogens with zero attached hydrogens (tertiary/aromatic N) is 3. The van der Waals surface area contributed by atoms with E-state index in [9.17, 15) is 0 Å². The van der Waals surface area contributed by atoms with Crippen LogP contribution in [0.3, 0.4) is 0 Å². The second-order valence-electron chi connectivity index (χ2n) is 5.48. The number of imidazole rings is 1. The monoisotopic (exact) mass is 378 g/mol. The fourth-order valence-corrected chi connectivity index (χ4v) is 3.07. The number of hydrogen-bond acceptors (Lipinski definition) is 3. The summed E-state index contributed by atoms with van der Waals surface area (Å²) in [4.78, 5) is 9.11. The molecule has 3 rings (SSSR count). The van der Waals surface area contributed by atoms with Gasteiger partial charge in [-0.3, -0.25) is 4.40 Å². The van der Waals surface area contributed by atoms with Gasteiger partial charge in [-0.1, -0.05) is 55.8 Å².